The van der Waals surface area contributed by atoms with Crippen LogP contribution in [0.2, 0.25) is 0 Å². The molecule has 4 rings (SSSR count). The summed E-state index contributed by atoms with van der Waals surface area (Å²) < 4.78 is 0. The minimum absolute atomic E-state index is 0.0144. The largest absolute Gasteiger partial charge is 0.352 e. The van der Waals surface area contributed by atoms with Gasteiger partial charge in [-0.05, 0) is 59.6 Å². The van der Waals surface area contributed by atoms with Crippen molar-refractivity contribution in [3.63, 3.8) is 0 Å². The van der Waals surface area contributed by atoms with Gasteiger partial charge in [0.15, 0.2) is 0 Å². The first kappa shape index (κ1) is 20.6. The summed E-state index contributed by atoms with van der Waals surface area (Å²) >= 11 is 0. The van der Waals surface area contributed by atoms with Crippen LogP contribution in [0.15, 0.2) is 66.7 Å². The van der Waals surface area contributed by atoms with Crippen LogP contribution in [0.25, 0.3) is 10.8 Å². The van der Waals surface area contributed by atoms with Crippen molar-refractivity contribution in [3.05, 3.63) is 83.4 Å². The third-order valence-electron chi connectivity index (χ3n) is 6.44. The number of carbonyl (C=O) groups is 1. The lowest BCUT2D eigenvalue weighted by Crippen LogP contribution is -2.35. The van der Waals surface area contributed by atoms with Gasteiger partial charge in [0.25, 0.3) is 0 Å². The smallest absolute Gasteiger partial charge is 0.217 e. The summed E-state index contributed by atoms with van der Waals surface area (Å²) in [5.74, 6) is 0.617. The number of fused-ring (bicyclic) bond motifs is 1. The molecule has 3 aromatic rings. The minimum Gasteiger partial charge on any atom is -0.352 e. The highest BCUT2D eigenvalue weighted by Gasteiger charge is 2.24. The summed E-state index contributed by atoms with van der Waals surface area (Å²) in [6.45, 7) is 4.46. The highest BCUT2D eigenvalue weighted by molar-refractivity contribution is 5.86. The van der Waals surface area contributed by atoms with Crippen LogP contribution in [0, 0.1) is 0 Å². The number of hydrogen-bond acceptors (Lipinski definition) is 2. The van der Waals surface area contributed by atoms with Crippen molar-refractivity contribution in [2.45, 2.75) is 64.1 Å². The number of benzene rings is 3. The summed E-state index contributed by atoms with van der Waals surface area (Å²) in [5.41, 5.74) is 3.97. The van der Waals surface area contributed by atoms with E-state index in [2.05, 4.69) is 84.3 Å². The molecule has 3 atom stereocenters. The third-order valence-corrected chi connectivity index (χ3v) is 6.44. The van der Waals surface area contributed by atoms with E-state index in [0.29, 0.717) is 24.5 Å². The average molecular weight is 401 g/mol. The Labute approximate surface area is 179 Å². The number of carbonyl (C=O) groups excluding carboxylic acids is 1. The van der Waals surface area contributed by atoms with Gasteiger partial charge >= 0.3 is 0 Å². The van der Waals surface area contributed by atoms with E-state index in [1.807, 2.05) is 0 Å². The van der Waals surface area contributed by atoms with Crippen molar-refractivity contribution >= 4 is 16.7 Å². The Morgan fingerprint density at radius 3 is 2.57 bits per heavy atom. The third kappa shape index (κ3) is 4.91. The monoisotopic (exact) mass is 400 g/mol. The van der Waals surface area contributed by atoms with Crippen LogP contribution in [0.3, 0.4) is 0 Å². The molecule has 2 unspecified atom stereocenters. The highest BCUT2D eigenvalue weighted by Crippen LogP contribution is 2.34. The van der Waals surface area contributed by atoms with Gasteiger partial charge in [0.05, 0.1) is 0 Å². The molecule has 0 radical (unpaired) electrons. The van der Waals surface area contributed by atoms with E-state index in [1.54, 1.807) is 6.92 Å². The molecule has 0 heterocycles. The topological polar surface area (TPSA) is 41.1 Å². The van der Waals surface area contributed by atoms with E-state index in [1.165, 1.54) is 47.6 Å². The molecule has 3 heteroatoms. The Bertz CT molecular complexity index is 990. The van der Waals surface area contributed by atoms with E-state index >= 15 is 0 Å². The first-order valence-corrected chi connectivity index (χ1v) is 11.2. The lowest BCUT2D eigenvalue weighted by Gasteiger charge is -2.32. The summed E-state index contributed by atoms with van der Waals surface area (Å²) in [4.78, 5) is 11.1. The zero-order valence-electron chi connectivity index (χ0n) is 18.0. The highest BCUT2D eigenvalue weighted by atomic mass is 16.1. The van der Waals surface area contributed by atoms with Gasteiger partial charge in [-0.25, -0.2) is 0 Å². The van der Waals surface area contributed by atoms with Gasteiger partial charge in [-0.3, -0.25) is 4.79 Å². The quantitative estimate of drug-likeness (QED) is 0.545. The van der Waals surface area contributed by atoms with Gasteiger partial charge in [0, 0.05) is 25.6 Å². The van der Waals surface area contributed by atoms with E-state index in [4.69, 9.17) is 0 Å². The van der Waals surface area contributed by atoms with Gasteiger partial charge in [0.2, 0.25) is 5.91 Å². The Hall–Kier alpha value is -2.65. The number of rotatable bonds is 6. The molecule has 156 valence electrons. The molecule has 2 N–H and O–H groups in total. The summed E-state index contributed by atoms with van der Waals surface area (Å²) in [6.07, 6.45) is 4.94. The van der Waals surface area contributed by atoms with E-state index in [0.717, 1.165) is 5.56 Å². The van der Waals surface area contributed by atoms with Crippen molar-refractivity contribution in [3.8, 4) is 0 Å². The fourth-order valence-corrected chi connectivity index (χ4v) is 4.85. The normalized spacial score (nSPS) is 20.1. The molecular formula is C27H32N2O. The summed E-state index contributed by atoms with van der Waals surface area (Å²) in [5, 5.41) is 9.45. The van der Waals surface area contributed by atoms with Crippen LogP contribution >= 0.6 is 0 Å². The molecule has 0 aromatic heterocycles. The van der Waals surface area contributed by atoms with Crippen LogP contribution in [-0.2, 0) is 11.3 Å². The Kier molecular flexibility index (Phi) is 6.49. The molecule has 0 spiro atoms. The second-order valence-corrected chi connectivity index (χ2v) is 8.67. The molecule has 0 aliphatic heterocycles. The first-order chi connectivity index (χ1) is 14.6. The second kappa shape index (κ2) is 9.44. The SMILES string of the molecule is CC(=O)NCc1ccc(C2CCCC(N[C@H](C)c3cccc4ccccc34)C2)cc1. The molecule has 3 nitrogen and oxygen atoms in total. The maximum Gasteiger partial charge on any atom is 0.217 e. The maximum absolute atomic E-state index is 11.1. The molecule has 1 aliphatic rings. The summed E-state index contributed by atoms with van der Waals surface area (Å²) in [6, 6.07) is 25.0. The number of hydrogen-bond donors (Lipinski definition) is 2. The molecule has 30 heavy (non-hydrogen) atoms. The molecule has 1 saturated carbocycles. The minimum atomic E-state index is 0.0144. The van der Waals surface area contributed by atoms with Crippen molar-refractivity contribution in [1.29, 1.82) is 0 Å². The van der Waals surface area contributed by atoms with E-state index in [9.17, 15) is 4.79 Å². The number of amides is 1. The molecule has 0 saturated heterocycles. The summed E-state index contributed by atoms with van der Waals surface area (Å²) in [7, 11) is 0. The Balaban J connectivity index is 1.41. The first-order valence-electron chi connectivity index (χ1n) is 11.2. The lowest BCUT2D eigenvalue weighted by molar-refractivity contribution is -0.119. The van der Waals surface area contributed by atoms with Gasteiger partial charge in [-0.1, -0.05) is 73.2 Å². The van der Waals surface area contributed by atoms with Crippen LogP contribution < -0.4 is 10.6 Å². The van der Waals surface area contributed by atoms with Crippen molar-refractivity contribution in [2.75, 3.05) is 0 Å². The zero-order valence-corrected chi connectivity index (χ0v) is 18.0. The van der Waals surface area contributed by atoms with Crippen LogP contribution in [0.1, 0.15) is 68.2 Å². The zero-order chi connectivity index (χ0) is 20.9. The second-order valence-electron chi connectivity index (χ2n) is 8.67. The predicted molar refractivity (Wildman–Crippen MR) is 124 cm³/mol. The molecular weight excluding hydrogens is 368 g/mol. The van der Waals surface area contributed by atoms with E-state index in [-0.39, 0.29) is 5.91 Å². The Morgan fingerprint density at radius 1 is 1.00 bits per heavy atom. The van der Waals surface area contributed by atoms with Crippen LogP contribution in [0.4, 0.5) is 0 Å². The number of nitrogens with one attached hydrogen (secondary N) is 2. The van der Waals surface area contributed by atoms with E-state index < -0.39 is 0 Å². The molecule has 0 bridgehead atoms. The lowest BCUT2D eigenvalue weighted by atomic mass is 9.81. The fourth-order valence-electron chi connectivity index (χ4n) is 4.85. The van der Waals surface area contributed by atoms with Gasteiger partial charge in [-0.15, -0.1) is 0 Å². The van der Waals surface area contributed by atoms with Crippen molar-refractivity contribution in [1.82, 2.24) is 10.6 Å². The van der Waals surface area contributed by atoms with Gasteiger partial charge in [0.1, 0.15) is 0 Å². The van der Waals surface area contributed by atoms with Crippen LogP contribution in [0.5, 0.6) is 0 Å². The Morgan fingerprint density at radius 2 is 1.77 bits per heavy atom. The van der Waals surface area contributed by atoms with Crippen molar-refractivity contribution < 1.29 is 4.79 Å². The standard InChI is InChI=1S/C27H32N2O/c1-19(26-12-6-8-23-7-3-4-11-27(23)26)29-25-10-5-9-24(17-25)22-15-13-21(14-16-22)18-28-20(2)30/h3-4,6-8,11-16,19,24-25,29H,5,9-10,17-18H2,1-2H3,(H,28,30)/t19-,24?,25?/m1/s1. The van der Waals surface area contributed by atoms with Crippen molar-refractivity contribution in [2.24, 2.45) is 0 Å². The molecule has 1 fully saturated rings. The van der Waals surface area contributed by atoms with Gasteiger partial charge < -0.3 is 10.6 Å². The maximum atomic E-state index is 11.1. The average Bonchev–Trinajstić information content (AvgIpc) is 2.78. The fraction of sp³-hybridized carbons (Fsp3) is 0.370. The predicted octanol–water partition coefficient (Wildman–Crippen LogP) is 5.85. The molecule has 3 aromatic carbocycles. The molecule has 1 aliphatic carbocycles. The molecule has 1 amide bonds. The van der Waals surface area contributed by atoms with Gasteiger partial charge in [-0.2, -0.15) is 0 Å². The van der Waals surface area contributed by atoms with Crippen LogP contribution in [-0.4, -0.2) is 11.9 Å².